The van der Waals surface area contributed by atoms with Gasteiger partial charge in [0.05, 0.1) is 25.7 Å². The Kier molecular flexibility index (Phi) is 4.35. The first-order chi connectivity index (χ1) is 9.42. The molecule has 1 fully saturated rings. The van der Waals surface area contributed by atoms with Crippen LogP contribution >= 0.6 is 0 Å². The molecule has 0 spiro atoms. The van der Waals surface area contributed by atoms with Crippen LogP contribution in [-0.2, 0) is 15.5 Å². The van der Waals surface area contributed by atoms with Crippen LogP contribution in [0.5, 0.6) is 0 Å². The molecular formula is C14H17F2NO3. The van der Waals surface area contributed by atoms with Gasteiger partial charge < -0.3 is 9.84 Å². The van der Waals surface area contributed by atoms with E-state index in [2.05, 4.69) is 0 Å². The predicted molar refractivity (Wildman–Crippen MR) is 68.7 cm³/mol. The number of likely N-dealkylation sites (N-methyl/N-ethyl adjacent to an activating group) is 1. The number of alkyl halides is 2. The summed E-state index contributed by atoms with van der Waals surface area (Å²) in [5, 5.41) is 9.05. The van der Waals surface area contributed by atoms with E-state index in [1.165, 1.54) is 24.1 Å². The quantitative estimate of drug-likeness (QED) is 0.896. The topological polar surface area (TPSA) is 49.8 Å². The molecular weight excluding hydrogens is 268 g/mol. The smallest absolute Gasteiger partial charge is 0.310 e. The van der Waals surface area contributed by atoms with Crippen molar-refractivity contribution in [3.8, 4) is 0 Å². The summed E-state index contributed by atoms with van der Waals surface area (Å²) in [5.74, 6) is -4.80. The third-order valence-electron chi connectivity index (χ3n) is 3.58. The number of carbonyl (C=O) groups is 1. The summed E-state index contributed by atoms with van der Waals surface area (Å²) in [7, 11) is 1.51. The van der Waals surface area contributed by atoms with Gasteiger partial charge in [-0.3, -0.25) is 9.69 Å². The summed E-state index contributed by atoms with van der Waals surface area (Å²) in [6.45, 7) is -0.297. The number of hydrogen-bond acceptors (Lipinski definition) is 3. The van der Waals surface area contributed by atoms with E-state index in [0.29, 0.717) is 0 Å². The normalized spacial score (nSPS) is 23.2. The van der Waals surface area contributed by atoms with Crippen LogP contribution in [-0.4, -0.2) is 48.8 Å². The molecule has 0 aromatic heterocycles. The zero-order valence-electron chi connectivity index (χ0n) is 11.1. The van der Waals surface area contributed by atoms with Crippen LogP contribution in [0.15, 0.2) is 30.3 Å². The average Bonchev–Trinajstić information content (AvgIpc) is 2.88. The minimum atomic E-state index is -3.03. The Morgan fingerprint density at radius 1 is 1.40 bits per heavy atom. The Morgan fingerprint density at radius 2 is 2.05 bits per heavy atom. The maximum Gasteiger partial charge on any atom is 0.310 e. The molecule has 1 N–H and O–H groups in total. The maximum atomic E-state index is 14.2. The monoisotopic (exact) mass is 285 g/mol. The van der Waals surface area contributed by atoms with Gasteiger partial charge in [0.25, 0.3) is 5.92 Å². The summed E-state index contributed by atoms with van der Waals surface area (Å²) < 4.78 is 33.4. The van der Waals surface area contributed by atoms with Gasteiger partial charge in [-0.15, -0.1) is 0 Å². The lowest BCUT2D eigenvalue weighted by Gasteiger charge is -2.30. The van der Waals surface area contributed by atoms with Crippen molar-refractivity contribution in [1.82, 2.24) is 4.90 Å². The molecule has 1 aliphatic rings. The maximum absolute atomic E-state index is 14.2. The summed E-state index contributed by atoms with van der Waals surface area (Å²) in [5.41, 5.74) is -0.0716. The molecule has 0 amide bonds. The minimum absolute atomic E-state index is 0.0707. The Bertz CT molecular complexity index is 467. The van der Waals surface area contributed by atoms with E-state index in [4.69, 9.17) is 9.84 Å². The largest absolute Gasteiger partial charge is 0.481 e. The molecule has 6 heteroatoms. The van der Waals surface area contributed by atoms with Crippen LogP contribution in [0.1, 0.15) is 5.56 Å². The van der Waals surface area contributed by atoms with Crippen LogP contribution in [0, 0.1) is 5.92 Å². The van der Waals surface area contributed by atoms with Crippen molar-refractivity contribution >= 4 is 5.97 Å². The van der Waals surface area contributed by atoms with Crippen molar-refractivity contribution in [3.05, 3.63) is 35.9 Å². The Hall–Kier alpha value is -1.53. The van der Waals surface area contributed by atoms with Crippen molar-refractivity contribution < 1.29 is 23.4 Å². The van der Waals surface area contributed by atoms with Gasteiger partial charge in [0.15, 0.2) is 0 Å². The third-order valence-corrected chi connectivity index (χ3v) is 3.58. The SMILES string of the molecule is CN(CC(F)(F)c1ccccc1)C1COCC1C(=O)O. The highest BCUT2D eigenvalue weighted by Crippen LogP contribution is 2.30. The van der Waals surface area contributed by atoms with Gasteiger partial charge in [0.1, 0.15) is 0 Å². The number of ether oxygens (including phenoxy) is 1. The second kappa shape index (κ2) is 5.85. The van der Waals surface area contributed by atoms with Gasteiger partial charge in [-0.2, -0.15) is 8.78 Å². The van der Waals surface area contributed by atoms with Crippen LogP contribution < -0.4 is 0 Å². The number of aliphatic carboxylic acids is 1. The summed E-state index contributed by atoms with van der Waals surface area (Å²) in [6.07, 6.45) is 0. The summed E-state index contributed by atoms with van der Waals surface area (Å²) in [6, 6.07) is 7.00. The zero-order chi connectivity index (χ0) is 14.8. The second-order valence-electron chi connectivity index (χ2n) is 5.04. The van der Waals surface area contributed by atoms with E-state index in [-0.39, 0.29) is 18.8 Å². The standard InChI is InChI=1S/C14H17F2NO3/c1-17(12-8-20-7-11(12)13(18)19)9-14(15,16)10-5-3-2-4-6-10/h2-6,11-12H,7-9H2,1H3,(H,18,19). The Balaban J connectivity index is 2.07. The van der Waals surface area contributed by atoms with Crippen molar-refractivity contribution in [1.29, 1.82) is 0 Å². The molecule has 110 valence electrons. The van der Waals surface area contributed by atoms with E-state index in [0.717, 1.165) is 0 Å². The van der Waals surface area contributed by atoms with Crippen molar-refractivity contribution in [2.24, 2.45) is 5.92 Å². The Labute approximate surface area is 116 Å². The highest BCUT2D eigenvalue weighted by molar-refractivity contribution is 5.71. The van der Waals surface area contributed by atoms with Crippen LogP contribution in [0.2, 0.25) is 0 Å². The highest BCUT2D eigenvalue weighted by atomic mass is 19.3. The first-order valence-corrected chi connectivity index (χ1v) is 6.36. The lowest BCUT2D eigenvalue weighted by Crippen LogP contribution is -2.45. The van der Waals surface area contributed by atoms with Crippen LogP contribution in [0.3, 0.4) is 0 Å². The number of nitrogens with zero attached hydrogens (tertiary/aromatic N) is 1. The van der Waals surface area contributed by atoms with Crippen LogP contribution in [0.4, 0.5) is 8.78 Å². The fraction of sp³-hybridized carbons (Fsp3) is 0.500. The number of halogens is 2. The molecule has 0 bridgehead atoms. The van der Waals surface area contributed by atoms with Gasteiger partial charge >= 0.3 is 5.97 Å². The van der Waals surface area contributed by atoms with Crippen LogP contribution in [0.25, 0.3) is 0 Å². The molecule has 2 atom stereocenters. The van der Waals surface area contributed by atoms with E-state index >= 15 is 0 Å². The number of benzene rings is 1. The first-order valence-electron chi connectivity index (χ1n) is 6.36. The van der Waals surface area contributed by atoms with E-state index in [1.807, 2.05) is 0 Å². The average molecular weight is 285 g/mol. The fourth-order valence-electron chi connectivity index (χ4n) is 2.42. The number of carboxylic acids is 1. The van der Waals surface area contributed by atoms with Crippen molar-refractivity contribution in [3.63, 3.8) is 0 Å². The minimum Gasteiger partial charge on any atom is -0.481 e. The van der Waals surface area contributed by atoms with E-state index in [1.54, 1.807) is 18.2 Å². The molecule has 4 nitrogen and oxygen atoms in total. The third kappa shape index (κ3) is 3.13. The van der Waals surface area contributed by atoms with E-state index in [9.17, 15) is 13.6 Å². The molecule has 1 aromatic carbocycles. The van der Waals surface area contributed by atoms with E-state index < -0.39 is 30.4 Å². The molecule has 2 rings (SSSR count). The van der Waals surface area contributed by atoms with Gasteiger partial charge in [0, 0.05) is 11.6 Å². The molecule has 2 unspecified atom stereocenters. The predicted octanol–water partition coefficient (Wildman–Crippen LogP) is 1.81. The molecule has 1 heterocycles. The molecule has 0 radical (unpaired) electrons. The number of carboxylic acid groups (broad SMARTS) is 1. The fourth-order valence-corrected chi connectivity index (χ4v) is 2.42. The molecule has 1 saturated heterocycles. The molecule has 20 heavy (non-hydrogen) atoms. The molecule has 0 aliphatic carbocycles. The summed E-state index contributed by atoms with van der Waals surface area (Å²) >= 11 is 0. The molecule has 0 saturated carbocycles. The van der Waals surface area contributed by atoms with Crippen molar-refractivity contribution in [2.75, 3.05) is 26.8 Å². The second-order valence-corrected chi connectivity index (χ2v) is 5.04. The number of rotatable bonds is 5. The first kappa shape index (κ1) is 14.9. The zero-order valence-corrected chi connectivity index (χ0v) is 11.1. The molecule has 1 aliphatic heterocycles. The molecule has 1 aromatic rings. The highest BCUT2D eigenvalue weighted by Gasteiger charge is 2.41. The number of hydrogen-bond donors (Lipinski definition) is 1. The lowest BCUT2D eigenvalue weighted by molar-refractivity contribution is -0.143. The Morgan fingerprint density at radius 3 is 2.65 bits per heavy atom. The van der Waals surface area contributed by atoms with Gasteiger partial charge in [-0.05, 0) is 7.05 Å². The summed E-state index contributed by atoms with van der Waals surface area (Å²) in [4.78, 5) is 12.4. The van der Waals surface area contributed by atoms with Crippen molar-refractivity contribution in [2.45, 2.75) is 12.0 Å². The van der Waals surface area contributed by atoms with Gasteiger partial charge in [-0.1, -0.05) is 30.3 Å². The van der Waals surface area contributed by atoms with Gasteiger partial charge in [0.2, 0.25) is 0 Å². The van der Waals surface area contributed by atoms with Gasteiger partial charge in [-0.25, -0.2) is 0 Å². The lowest BCUT2D eigenvalue weighted by atomic mass is 10.0.